The number of hydrogen-bond acceptors (Lipinski definition) is 1. The van der Waals surface area contributed by atoms with Crippen LogP contribution in [0.1, 0.15) is 42.5 Å². The fourth-order valence-corrected chi connectivity index (χ4v) is 2.92. The molecule has 4 heteroatoms. The molecule has 2 aromatic rings. The Hall–Kier alpha value is -1.51. The van der Waals surface area contributed by atoms with Crippen LogP contribution in [0.3, 0.4) is 0 Å². The van der Waals surface area contributed by atoms with Crippen molar-refractivity contribution in [1.82, 2.24) is 5.32 Å². The van der Waals surface area contributed by atoms with E-state index in [0.717, 1.165) is 12.0 Å². The quantitative estimate of drug-likeness (QED) is 0.732. The van der Waals surface area contributed by atoms with Crippen molar-refractivity contribution in [2.24, 2.45) is 0 Å². The molecule has 1 N–H and O–H groups in total. The minimum absolute atomic E-state index is 0.0474. The van der Waals surface area contributed by atoms with Gasteiger partial charge in [0.15, 0.2) is 0 Å². The molecule has 0 heterocycles. The van der Waals surface area contributed by atoms with Crippen LogP contribution < -0.4 is 5.32 Å². The predicted octanol–water partition coefficient (Wildman–Crippen LogP) is 5.50. The van der Waals surface area contributed by atoms with Crippen LogP contribution in [-0.4, -0.2) is 5.91 Å². The zero-order valence-electron chi connectivity index (χ0n) is 13.4. The van der Waals surface area contributed by atoms with E-state index >= 15 is 0 Å². The molecule has 0 aromatic heterocycles. The molecule has 0 spiro atoms. The fraction of sp³-hybridized carbons (Fsp3) is 0.316. The van der Waals surface area contributed by atoms with Crippen molar-refractivity contribution in [2.45, 2.75) is 39.2 Å². The van der Waals surface area contributed by atoms with Crippen molar-refractivity contribution in [3.63, 3.8) is 0 Å². The molecule has 2 rings (SSSR count). The minimum atomic E-state index is 0.0474. The van der Waals surface area contributed by atoms with E-state index in [1.807, 2.05) is 24.3 Å². The topological polar surface area (TPSA) is 29.1 Å². The summed E-state index contributed by atoms with van der Waals surface area (Å²) in [5.41, 5.74) is 3.39. The number of halogens is 2. The molecule has 0 unspecified atom stereocenters. The number of hydrogen-bond donors (Lipinski definition) is 1. The second-order valence-electron chi connectivity index (χ2n) is 5.63. The lowest BCUT2D eigenvalue weighted by Crippen LogP contribution is -2.28. The van der Waals surface area contributed by atoms with Gasteiger partial charge >= 0.3 is 0 Å². The molecule has 0 saturated heterocycles. The number of nitrogens with one attached hydrogen (secondary N) is 1. The largest absolute Gasteiger partial charge is 0.349 e. The van der Waals surface area contributed by atoms with Gasteiger partial charge in [-0.15, -0.1) is 0 Å². The summed E-state index contributed by atoms with van der Waals surface area (Å²) in [6.45, 7) is 4.15. The highest BCUT2D eigenvalue weighted by atomic mass is 35.5. The Kier molecular flexibility index (Phi) is 6.49. The van der Waals surface area contributed by atoms with Crippen LogP contribution in [0.25, 0.3) is 0 Å². The number of amides is 1. The lowest BCUT2D eigenvalue weighted by atomic mass is 9.99. The van der Waals surface area contributed by atoms with E-state index < -0.39 is 0 Å². The molecule has 0 bridgehead atoms. The number of rotatable bonds is 6. The van der Waals surface area contributed by atoms with E-state index in [1.165, 1.54) is 11.1 Å². The monoisotopic (exact) mass is 349 g/mol. The van der Waals surface area contributed by atoms with Crippen LogP contribution >= 0.6 is 23.2 Å². The van der Waals surface area contributed by atoms with Crippen molar-refractivity contribution in [3.05, 3.63) is 69.2 Å². The van der Waals surface area contributed by atoms with Gasteiger partial charge in [0.25, 0.3) is 0 Å². The average molecular weight is 350 g/mol. The Morgan fingerprint density at radius 3 is 2.52 bits per heavy atom. The minimum Gasteiger partial charge on any atom is -0.349 e. The Morgan fingerprint density at radius 1 is 1.13 bits per heavy atom. The van der Waals surface area contributed by atoms with Crippen LogP contribution in [0.5, 0.6) is 0 Å². The molecule has 23 heavy (non-hydrogen) atoms. The van der Waals surface area contributed by atoms with Crippen molar-refractivity contribution >= 4 is 29.1 Å². The molecule has 2 nitrogen and oxygen atoms in total. The molecule has 2 aromatic carbocycles. The third-order valence-electron chi connectivity index (χ3n) is 3.93. The van der Waals surface area contributed by atoms with Crippen molar-refractivity contribution < 1.29 is 4.79 Å². The second kappa shape index (κ2) is 8.37. The SMILES string of the molecule is CC[C@H](NC(=O)CCc1ccc(Cl)c(Cl)c1)c1ccccc1C. The van der Waals surface area contributed by atoms with Gasteiger partial charge in [-0.2, -0.15) is 0 Å². The Morgan fingerprint density at radius 2 is 1.87 bits per heavy atom. The van der Waals surface area contributed by atoms with Crippen molar-refractivity contribution in [3.8, 4) is 0 Å². The lowest BCUT2D eigenvalue weighted by Gasteiger charge is -2.19. The van der Waals surface area contributed by atoms with E-state index in [4.69, 9.17) is 23.2 Å². The van der Waals surface area contributed by atoms with Crippen LogP contribution in [-0.2, 0) is 11.2 Å². The van der Waals surface area contributed by atoms with E-state index in [-0.39, 0.29) is 11.9 Å². The van der Waals surface area contributed by atoms with Gasteiger partial charge in [0.1, 0.15) is 0 Å². The summed E-state index contributed by atoms with van der Waals surface area (Å²) < 4.78 is 0. The molecule has 0 fully saturated rings. The zero-order valence-corrected chi connectivity index (χ0v) is 14.9. The molecule has 0 aliphatic rings. The maximum atomic E-state index is 12.3. The zero-order chi connectivity index (χ0) is 16.8. The molecule has 0 aliphatic carbocycles. The van der Waals surface area contributed by atoms with E-state index in [2.05, 4.69) is 31.3 Å². The molecule has 0 saturated carbocycles. The summed E-state index contributed by atoms with van der Waals surface area (Å²) in [6, 6.07) is 13.7. The molecule has 0 aliphatic heterocycles. The summed E-state index contributed by atoms with van der Waals surface area (Å²) in [5.74, 6) is 0.0474. The lowest BCUT2D eigenvalue weighted by molar-refractivity contribution is -0.121. The van der Waals surface area contributed by atoms with E-state index in [0.29, 0.717) is 22.9 Å². The number of benzene rings is 2. The van der Waals surface area contributed by atoms with Crippen molar-refractivity contribution in [2.75, 3.05) is 0 Å². The second-order valence-corrected chi connectivity index (χ2v) is 6.45. The normalized spacial score (nSPS) is 12.0. The Bertz CT molecular complexity index is 685. The third-order valence-corrected chi connectivity index (χ3v) is 4.67. The van der Waals surface area contributed by atoms with E-state index in [1.54, 1.807) is 6.07 Å². The summed E-state index contributed by atoms with van der Waals surface area (Å²) in [6.07, 6.45) is 1.94. The van der Waals surface area contributed by atoms with Gasteiger partial charge in [0.2, 0.25) is 5.91 Å². The number of carbonyl (C=O) groups is 1. The van der Waals surface area contributed by atoms with Crippen LogP contribution in [0.15, 0.2) is 42.5 Å². The summed E-state index contributed by atoms with van der Waals surface area (Å²) in [5, 5.41) is 4.18. The first-order valence-corrected chi connectivity index (χ1v) is 8.55. The van der Waals surface area contributed by atoms with Crippen LogP contribution in [0.2, 0.25) is 10.0 Å². The molecule has 1 amide bonds. The van der Waals surface area contributed by atoms with Gasteiger partial charge in [-0.1, -0.05) is 60.5 Å². The van der Waals surface area contributed by atoms with Crippen LogP contribution in [0, 0.1) is 6.92 Å². The van der Waals surface area contributed by atoms with E-state index in [9.17, 15) is 4.79 Å². The summed E-state index contributed by atoms with van der Waals surface area (Å²) in [7, 11) is 0. The third kappa shape index (κ3) is 4.98. The average Bonchev–Trinajstić information content (AvgIpc) is 2.54. The first-order valence-electron chi connectivity index (χ1n) is 7.80. The number of aryl methyl sites for hydroxylation is 2. The Balaban J connectivity index is 1.95. The van der Waals surface area contributed by atoms with Gasteiger partial charge in [-0.25, -0.2) is 0 Å². The smallest absolute Gasteiger partial charge is 0.220 e. The fourth-order valence-electron chi connectivity index (χ4n) is 2.60. The maximum Gasteiger partial charge on any atom is 0.220 e. The summed E-state index contributed by atoms with van der Waals surface area (Å²) in [4.78, 5) is 12.3. The molecule has 122 valence electrons. The van der Waals surface area contributed by atoms with Gasteiger partial charge < -0.3 is 5.32 Å². The highest BCUT2D eigenvalue weighted by Crippen LogP contribution is 2.23. The Labute approximate surface area is 147 Å². The first kappa shape index (κ1) is 17.8. The maximum absolute atomic E-state index is 12.3. The first-order chi connectivity index (χ1) is 11.0. The predicted molar refractivity (Wildman–Crippen MR) is 97.1 cm³/mol. The summed E-state index contributed by atoms with van der Waals surface area (Å²) >= 11 is 11.9. The molecule has 1 atom stereocenters. The molecule has 0 radical (unpaired) electrons. The van der Waals surface area contributed by atoms with Gasteiger partial charge in [0.05, 0.1) is 16.1 Å². The highest BCUT2D eigenvalue weighted by Gasteiger charge is 2.14. The van der Waals surface area contributed by atoms with Crippen LogP contribution in [0.4, 0.5) is 0 Å². The van der Waals surface area contributed by atoms with Crippen molar-refractivity contribution in [1.29, 1.82) is 0 Å². The van der Waals surface area contributed by atoms with Gasteiger partial charge in [-0.05, 0) is 48.6 Å². The van der Waals surface area contributed by atoms with Gasteiger partial charge in [-0.3, -0.25) is 4.79 Å². The highest BCUT2D eigenvalue weighted by molar-refractivity contribution is 6.42. The molecular formula is C19H21Cl2NO. The standard InChI is InChI=1S/C19H21Cl2NO/c1-3-18(15-7-5-4-6-13(15)2)22-19(23)11-9-14-8-10-16(20)17(21)12-14/h4-8,10,12,18H,3,9,11H2,1-2H3,(H,22,23)/t18-/m0/s1. The number of carbonyl (C=O) groups excluding carboxylic acids is 1. The van der Waals surface area contributed by atoms with Gasteiger partial charge in [0, 0.05) is 6.42 Å². The molecular weight excluding hydrogens is 329 g/mol.